The SMILES string of the molecule is CC(=O)c1cc(OCCN(C)C)cc(-c2ccccc2)c1. The zero-order chi connectivity index (χ0) is 15.2. The highest BCUT2D eigenvalue weighted by atomic mass is 16.5. The minimum absolute atomic E-state index is 0.0465. The van der Waals surface area contributed by atoms with Crippen molar-refractivity contribution in [1.82, 2.24) is 4.90 Å². The standard InChI is InChI=1S/C18H21NO2/c1-14(20)16-11-17(15-7-5-4-6-8-15)13-18(12-16)21-10-9-19(2)3/h4-8,11-13H,9-10H2,1-3H3. The van der Waals surface area contributed by atoms with Crippen molar-refractivity contribution in [2.24, 2.45) is 0 Å². The quantitative estimate of drug-likeness (QED) is 0.760. The van der Waals surface area contributed by atoms with Crippen LogP contribution in [0.4, 0.5) is 0 Å². The molecule has 0 saturated carbocycles. The van der Waals surface area contributed by atoms with Crippen LogP contribution in [0.1, 0.15) is 17.3 Å². The lowest BCUT2D eigenvalue weighted by molar-refractivity contribution is 0.101. The molecular weight excluding hydrogens is 262 g/mol. The van der Waals surface area contributed by atoms with Gasteiger partial charge in [-0.3, -0.25) is 4.79 Å². The highest BCUT2D eigenvalue weighted by Crippen LogP contribution is 2.26. The molecule has 0 amide bonds. The fourth-order valence-electron chi connectivity index (χ4n) is 2.03. The Balaban J connectivity index is 2.28. The smallest absolute Gasteiger partial charge is 0.159 e. The first-order chi connectivity index (χ1) is 10.1. The molecule has 0 heterocycles. The van der Waals surface area contributed by atoms with Crippen LogP contribution in [-0.4, -0.2) is 37.9 Å². The first kappa shape index (κ1) is 15.3. The second kappa shape index (κ2) is 7.04. The number of Topliss-reactive ketones (excluding diaryl/α,β-unsaturated/α-hetero) is 1. The Labute approximate surface area is 126 Å². The number of ether oxygens (including phenoxy) is 1. The third-order valence-corrected chi connectivity index (χ3v) is 3.23. The molecule has 2 aromatic rings. The van der Waals surface area contributed by atoms with Crippen LogP contribution in [0.15, 0.2) is 48.5 Å². The van der Waals surface area contributed by atoms with Gasteiger partial charge in [0, 0.05) is 12.1 Å². The van der Waals surface area contributed by atoms with E-state index in [0.29, 0.717) is 12.2 Å². The second-order valence-corrected chi connectivity index (χ2v) is 5.32. The molecule has 0 saturated heterocycles. The Bertz CT molecular complexity index is 606. The van der Waals surface area contributed by atoms with Gasteiger partial charge >= 0.3 is 0 Å². The van der Waals surface area contributed by atoms with Gasteiger partial charge in [0.15, 0.2) is 5.78 Å². The van der Waals surface area contributed by atoms with E-state index in [4.69, 9.17) is 4.74 Å². The van der Waals surface area contributed by atoms with Crippen LogP contribution in [-0.2, 0) is 0 Å². The van der Waals surface area contributed by atoms with Gasteiger partial charge < -0.3 is 9.64 Å². The number of nitrogens with zero attached hydrogens (tertiary/aromatic N) is 1. The summed E-state index contributed by atoms with van der Waals surface area (Å²) >= 11 is 0. The number of hydrogen-bond donors (Lipinski definition) is 0. The molecule has 0 atom stereocenters. The number of carbonyl (C=O) groups is 1. The molecule has 0 radical (unpaired) electrons. The zero-order valence-corrected chi connectivity index (χ0v) is 12.8. The van der Waals surface area contributed by atoms with Gasteiger partial charge in [0.25, 0.3) is 0 Å². The molecule has 0 bridgehead atoms. The summed E-state index contributed by atoms with van der Waals surface area (Å²) in [7, 11) is 4.01. The van der Waals surface area contributed by atoms with Gasteiger partial charge in [-0.15, -0.1) is 0 Å². The van der Waals surface area contributed by atoms with E-state index in [1.165, 1.54) is 0 Å². The first-order valence-corrected chi connectivity index (χ1v) is 7.05. The summed E-state index contributed by atoms with van der Waals surface area (Å²) in [5.41, 5.74) is 2.76. The van der Waals surface area contributed by atoms with Crippen molar-refractivity contribution in [2.45, 2.75) is 6.92 Å². The van der Waals surface area contributed by atoms with Gasteiger partial charge in [-0.05, 0) is 50.3 Å². The van der Waals surface area contributed by atoms with E-state index in [0.717, 1.165) is 23.4 Å². The normalized spacial score (nSPS) is 10.7. The summed E-state index contributed by atoms with van der Waals surface area (Å²) in [5.74, 6) is 0.786. The lowest BCUT2D eigenvalue weighted by atomic mass is 10.0. The van der Waals surface area contributed by atoms with E-state index in [9.17, 15) is 4.79 Å². The van der Waals surface area contributed by atoms with Crippen LogP contribution in [0.2, 0.25) is 0 Å². The molecule has 110 valence electrons. The minimum atomic E-state index is 0.0465. The predicted molar refractivity (Wildman–Crippen MR) is 85.9 cm³/mol. The van der Waals surface area contributed by atoms with Crippen molar-refractivity contribution in [3.63, 3.8) is 0 Å². The average Bonchev–Trinajstić information content (AvgIpc) is 2.47. The Hall–Kier alpha value is -2.13. The third kappa shape index (κ3) is 4.43. The summed E-state index contributed by atoms with van der Waals surface area (Å²) in [6.45, 7) is 3.02. The van der Waals surface area contributed by atoms with Crippen LogP contribution in [0, 0.1) is 0 Å². The molecule has 0 N–H and O–H groups in total. The van der Waals surface area contributed by atoms with E-state index in [1.807, 2.05) is 62.6 Å². The van der Waals surface area contributed by atoms with Gasteiger partial charge in [0.2, 0.25) is 0 Å². The molecule has 0 fully saturated rings. The fraction of sp³-hybridized carbons (Fsp3) is 0.278. The number of carbonyl (C=O) groups excluding carboxylic acids is 1. The first-order valence-electron chi connectivity index (χ1n) is 7.05. The average molecular weight is 283 g/mol. The maximum atomic E-state index is 11.7. The lowest BCUT2D eigenvalue weighted by Crippen LogP contribution is -2.19. The summed E-state index contributed by atoms with van der Waals surface area (Å²) in [4.78, 5) is 13.8. The van der Waals surface area contributed by atoms with Crippen LogP contribution in [0.5, 0.6) is 5.75 Å². The minimum Gasteiger partial charge on any atom is -0.492 e. The topological polar surface area (TPSA) is 29.5 Å². The van der Waals surface area contributed by atoms with E-state index < -0.39 is 0 Å². The molecule has 0 spiro atoms. The molecule has 3 nitrogen and oxygen atoms in total. The number of benzene rings is 2. The van der Waals surface area contributed by atoms with E-state index >= 15 is 0 Å². The summed E-state index contributed by atoms with van der Waals surface area (Å²) in [6.07, 6.45) is 0. The van der Waals surface area contributed by atoms with Crippen molar-refractivity contribution >= 4 is 5.78 Å². The van der Waals surface area contributed by atoms with Crippen molar-refractivity contribution in [3.05, 3.63) is 54.1 Å². The molecule has 0 aliphatic carbocycles. The Morgan fingerprint density at radius 3 is 2.38 bits per heavy atom. The second-order valence-electron chi connectivity index (χ2n) is 5.32. The highest BCUT2D eigenvalue weighted by Gasteiger charge is 2.07. The summed E-state index contributed by atoms with van der Waals surface area (Å²) in [5, 5.41) is 0. The monoisotopic (exact) mass is 283 g/mol. The zero-order valence-electron chi connectivity index (χ0n) is 12.8. The van der Waals surface area contributed by atoms with Crippen LogP contribution < -0.4 is 4.74 Å². The summed E-state index contributed by atoms with van der Waals surface area (Å²) < 4.78 is 5.78. The molecule has 0 aliphatic heterocycles. The maximum absolute atomic E-state index is 11.7. The molecule has 0 aromatic heterocycles. The largest absolute Gasteiger partial charge is 0.492 e. The molecule has 0 unspecified atom stereocenters. The fourth-order valence-corrected chi connectivity index (χ4v) is 2.03. The molecule has 21 heavy (non-hydrogen) atoms. The highest BCUT2D eigenvalue weighted by molar-refractivity contribution is 5.95. The molecular formula is C18H21NO2. The van der Waals surface area contributed by atoms with Crippen molar-refractivity contribution < 1.29 is 9.53 Å². The molecule has 2 rings (SSSR count). The number of likely N-dealkylation sites (N-methyl/N-ethyl adjacent to an activating group) is 1. The van der Waals surface area contributed by atoms with Crippen LogP contribution >= 0.6 is 0 Å². The van der Waals surface area contributed by atoms with Crippen molar-refractivity contribution in [1.29, 1.82) is 0 Å². The van der Waals surface area contributed by atoms with Gasteiger partial charge in [0.1, 0.15) is 12.4 Å². The van der Waals surface area contributed by atoms with Crippen molar-refractivity contribution in [2.75, 3.05) is 27.2 Å². The van der Waals surface area contributed by atoms with Gasteiger partial charge in [-0.1, -0.05) is 30.3 Å². The van der Waals surface area contributed by atoms with E-state index in [2.05, 4.69) is 4.90 Å². The third-order valence-electron chi connectivity index (χ3n) is 3.23. The van der Waals surface area contributed by atoms with Gasteiger partial charge in [-0.2, -0.15) is 0 Å². The van der Waals surface area contributed by atoms with Crippen molar-refractivity contribution in [3.8, 4) is 16.9 Å². The molecule has 2 aromatic carbocycles. The van der Waals surface area contributed by atoms with E-state index in [-0.39, 0.29) is 5.78 Å². The number of rotatable bonds is 6. The molecule has 0 aliphatic rings. The number of hydrogen-bond acceptors (Lipinski definition) is 3. The summed E-state index contributed by atoms with van der Waals surface area (Å²) in [6, 6.07) is 15.7. The Morgan fingerprint density at radius 1 is 1.05 bits per heavy atom. The number of ketones is 1. The predicted octanol–water partition coefficient (Wildman–Crippen LogP) is 3.50. The lowest BCUT2D eigenvalue weighted by Gasteiger charge is -2.13. The van der Waals surface area contributed by atoms with Crippen LogP contribution in [0.3, 0.4) is 0 Å². The van der Waals surface area contributed by atoms with Crippen LogP contribution in [0.25, 0.3) is 11.1 Å². The maximum Gasteiger partial charge on any atom is 0.159 e. The van der Waals surface area contributed by atoms with Gasteiger partial charge in [-0.25, -0.2) is 0 Å². The Kier molecular flexibility index (Phi) is 5.12. The van der Waals surface area contributed by atoms with E-state index in [1.54, 1.807) is 6.92 Å². The molecule has 3 heteroatoms. The Morgan fingerprint density at radius 2 is 1.76 bits per heavy atom. The van der Waals surface area contributed by atoms with Gasteiger partial charge in [0.05, 0.1) is 0 Å².